The molecule has 0 aromatic heterocycles. The maximum atomic E-state index is 4.32. The lowest BCUT2D eigenvalue weighted by molar-refractivity contribution is 0.685. The van der Waals surface area contributed by atoms with E-state index in [4.69, 9.17) is 0 Å². The van der Waals surface area contributed by atoms with Gasteiger partial charge in [0.25, 0.3) is 0 Å². The maximum absolute atomic E-state index is 4.32. The maximum Gasteiger partial charge on any atom is 0.0593 e. The third-order valence-corrected chi connectivity index (χ3v) is 2.13. The van der Waals surface area contributed by atoms with Gasteiger partial charge in [0.05, 0.1) is 6.54 Å². The summed E-state index contributed by atoms with van der Waals surface area (Å²) >= 11 is 0. The molecule has 0 bridgehead atoms. The molecule has 0 fully saturated rings. The van der Waals surface area contributed by atoms with Gasteiger partial charge in [-0.15, -0.1) is 0 Å². The van der Waals surface area contributed by atoms with Gasteiger partial charge in [-0.3, -0.25) is 4.99 Å². The van der Waals surface area contributed by atoms with Crippen molar-refractivity contribution < 1.29 is 0 Å². The second-order valence-electron chi connectivity index (χ2n) is 3.48. The molecule has 0 saturated carbocycles. The first-order valence-electron chi connectivity index (χ1n) is 5.46. The van der Waals surface area contributed by atoms with Gasteiger partial charge >= 0.3 is 0 Å². The third-order valence-electron chi connectivity index (χ3n) is 2.13. The minimum Gasteiger partial charge on any atom is -0.293 e. The lowest BCUT2D eigenvalue weighted by Gasteiger charge is -1.96. The number of unbranched alkanes of at least 4 members (excludes halogenated alkanes) is 4. The van der Waals surface area contributed by atoms with E-state index in [1.807, 2.05) is 0 Å². The lowest BCUT2D eigenvalue weighted by atomic mass is 10.2. The lowest BCUT2D eigenvalue weighted by Crippen LogP contribution is -1.86. The van der Waals surface area contributed by atoms with E-state index in [0.29, 0.717) is 0 Å². The summed E-state index contributed by atoms with van der Waals surface area (Å²) in [5.74, 6) is 0. The fraction of sp³-hybridized carbons (Fsp3) is 0.750. The van der Waals surface area contributed by atoms with Crippen molar-refractivity contribution in [2.24, 2.45) is 4.99 Å². The van der Waals surface area contributed by atoms with E-state index in [-0.39, 0.29) is 0 Å². The quantitative estimate of drug-likeness (QED) is 0.305. The van der Waals surface area contributed by atoms with E-state index in [2.05, 4.69) is 31.6 Å². The predicted molar refractivity (Wildman–Crippen MR) is 61.5 cm³/mol. The van der Waals surface area contributed by atoms with Crippen molar-refractivity contribution in [3.8, 4) is 0 Å². The Morgan fingerprint density at radius 1 is 1.23 bits per heavy atom. The molecule has 0 aromatic carbocycles. The van der Waals surface area contributed by atoms with Gasteiger partial charge in [-0.1, -0.05) is 45.3 Å². The molecule has 0 unspecified atom stereocenters. The molecule has 0 aliphatic carbocycles. The summed E-state index contributed by atoms with van der Waals surface area (Å²) in [5.41, 5.74) is 1.23. The molecule has 0 aliphatic rings. The summed E-state index contributed by atoms with van der Waals surface area (Å²) in [7, 11) is 0. The number of rotatable bonds is 8. The van der Waals surface area contributed by atoms with Gasteiger partial charge in [0.15, 0.2) is 0 Å². The zero-order valence-electron chi connectivity index (χ0n) is 9.18. The van der Waals surface area contributed by atoms with Gasteiger partial charge in [-0.25, -0.2) is 0 Å². The standard InChI is InChI=1S/C12H23N/c1-4-6-7-8-9-10-13-11-12(3)5-2/h10H,3-9,11H2,1-2H3. The summed E-state index contributed by atoms with van der Waals surface area (Å²) < 4.78 is 0. The van der Waals surface area contributed by atoms with Gasteiger partial charge in [0.2, 0.25) is 0 Å². The topological polar surface area (TPSA) is 12.4 Å². The second-order valence-corrected chi connectivity index (χ2v) is 3.48. The van der Waals surface area contributed by atoms with Crippen LogP contribution >= 0.6 is 0 Å². The molecule has 13 heavy (non-hydrogen) atoms. The van der Waals surface area contributed by atoms with Crippen molar-refractivity contribution in [2.75, 3.05) is 6.54 Å². The Hall–Kier alpha value is -0.590. The molecule has 0 N–H and O–H groups in total. The van der Waals surface area contributed by atoms with E-state index in [0.717, 1.165) is 19.4 Å². The number of aliphatic imine (C=N–C) groups is 1. The Bertz CT molecular complexity index is 147. The van der Waals surface area contributed by atoms with Crippen LogP contribution in [0.15, 0.2) is 17.1 Å². The van der Waals surface area contributed by atoms with Crippen molar-refractivity contribution in [1.29, 1.82) is 0 Å². The summed E-state index contributed by atoms with van der Waals surface area (Å²) in [6.07, 6.45) is 9.53. The molecular formula is C12H23N. The first-order chi connectivity index (χ1) is 6.31. The van der Waals surface area contributed by atoms with Crippen LogP contribution in [0.3, 0.4) is 0 Å². The summed E-state index contributed by atoms with van der Waals surface area (Å²) in [6.45, 7) is 9.09. The van der Waals surface area contributed by atoms with E-state index in [9.17, 15) is 0 Å². The molecular weight excluding hydrogens is 158 g/mol. The van der Waals surface area contributed by atoms with Crippen LogP contribution in [0.4, 0.5) is 0 Å². The monoisotopic (exact) mass is 181 g/mol. The van der Waals surface area contributed by atoms with Crippen LogP contribution < -0.4 is 0 Å². The van der Waals surface area contributed by atoms with Gasteiger partial charge in [-0.2, -0.15) is 0 Å². The van der Waals surface area contributed by atoms with Gasteiger partial charge in [0, 0.05) is 0 Å². The fourth-order valence-electron chi connectivity index (χ4n) is 1.06. The van der Waals surface area contributed by atoms with Crippen LogP contribution in [0.1, 0.15) is 52.4 Å². The van der Waals surface area contributed by atoms with Gasteiger partial charge in [-0.05, 0) is 25.5 Å². The zero-order valence-corrected chi connectivity index (χ0v) is 9.18. The van der Waals surface area contributed by atoms with Crippen LogP contribution in [0.25, 0.3) is 0 Å². The SMILES string of the molecule is C=C(CC)CN=CCCCCCC. The Morgan fingerprint density at radius 2 is 2.00 bits per heavy atom. The zero-order chi connectivity index (χ0) is 9.94. The second kappa shape index (κ2) is 9.50. The van der Waals surface area contributed by atoms with Crippen molar-refractivity contribution in [2.45, 2.75) is 52.4 Å². The minimum atomic E-state index is 0.824. The van der Waals surface area contributed by atoms with Crippen molar-refractivity contribution in [3.05, 3.63) is 12.2 Å². The summed E-state index contributed by atoms with van der Waals surface area (Å²) in [5, 5.41) is 0. The molecule has 1 heteroatoms. The molecule has 0 radical (unpaired) electrons. The molecule has 0 aliphatic heterocycles. The predicted octanol–water partition coefficient (Wildman–Crippen LogP) is 3.99. The average molecular weight is 181 g/mol. The molecule has 0 amide bonds. The number of nitrogens with zero attached hydrogens (tertiary/aromatic N) is 1. The van der Waals surface area contributed by atoms with E-state index >= 15 is 0 Å². The van der Waals surface area contributed by atoms with Crippen molar-refractivity contribution in [3.63, 3.8) is 0 Å². The summed E-state index contributed by atoms with van der Waals surface area (Å²) in [4.78, 5) is 4.32. The Morgan fingerprint density at radius 3 is 2.62 bits per heavy atom. The van der Waals surface area contributed by atoms with E-state index < -0.39 is 0 Å². The fourth-order valence-corrected chi connectivity index (χ4v) is 1.06. The largest absolute Gasteiger partial charge is 0.293 e. The van der Waals surface area contributed by atoms with Gasteiger partial charge < -0.3 is 0 Å². The molecule has 0 aromatic rings. The van der Waals surface area contributed by atoms with Crippen LogP contribution in [-0.4, -0.2) is 12.8 Å². The molecule has 0 rings (SSSR count). The highest BCUT2D eigenvalue weighted by Gasteiger charge is 1.86. The Labute approximate surface area is 83.0 Å². The van der Waals surface area contributed by atoms with Crippen LogP contribution in [0, 0.1) is 0 Å². The van der Waals surface area contributed by atoms with E-state index in [1.165, 1.54) is 31.3 Å². The molecule has 0 spiro atoms. The van der Waals surface area contributed by atoms with Gasteiger partial charge in [0.1, 0.15) is 0 Å². The normalized spacial score (nSPS) is 10.9. The molecule has 1 nitrogen and oxygen atoms in total. The van der Waals surface area contributed by atoms with Crippen molar-refractivity contribution in [1.82, 2.24) is 0 Å². The first-order valence-corrected chi connectivity index (χ1v) is 5.46. The molecule has 0 saturated heterocycles. The Kier molecular flexibility index (Phi) is 9.07. The van der Waals surface area contributed by atoms with Crippen LogP contribution in [0.5, 0.6) is 0 Å². The van der Waals surface area contributed by atoms with Crippen LogP contribution in [-0.2, 0) is 0 Å². The van der Waals surface area contributed by atoms with E-state index in [1.54, 1.807) is 0 Å². The van der Waals surface area contributed by atoms with Crippen LogP contribution in [0.2, 0.25) is 0 Å². The average Bonchev–Trinajstić information content (AvgIpc) is 2.16. The molecule has 0 heterocycles. The highest BCUT2D eigenvalue weighted by Crippen LogP contribution is 2.01. The number of hydrogen-bond donors (Lipinski definition) is 0. The summed E-state index contributed by atoms with van der Waals surface area (Å²) in [6, 6.07) is 0. The smallest absolute Gasteiger partial charge is 0.0593 e. The minimum absolute atomic E-state index is 0.824. The number of hydrogen-bond acceptors (Lipinski definition) is 1. The molecule has 76 valence electrons. The Balaban J connectivity index is 3.17. The highest BCUT2D eigenvalue weighted by atomic mass is 14.7. The molecule has 0 atom stereocenters. The van der Waals surface area contributed by atoms with Crippen molar-refractivity contribution >= 4 is 6.21 Å². The first kappa shape index (κ1) is 12.4. The highest BCUT2D eigenvalue weighted by molar-refractivity contribution is 5.57. The third kappa shape index (κ3) is 9.32.